The zero-order valence-corrected chi connectivity index (χ0v) is 18.6. The summed E-state index contributed by atoms with van der Waals surface area (Å²) in [6.07, 6.45) is 0. The van der Waals surface area contributed by atoms with Crippen molar-refractivity contribution in [1.29, 1.82) is 0 Å². The Balaban J connectivity index is 1.64. The highest BCUT2D eigenvalue weighted by Crippen LogP contribution is 2.27. The van der Waals surface area contributed by atoms with E-state index in [-0.39, 0.29) is 18.4 Å². The van der Waals surface area contributed by atoms with Crippen molar-refractivity contribution in [2.45, 2.75) is 40.8 Å². The summed E-state index contributed by atoms with van der Waals surface area (Å²) in [5.74, 6) is 0.360. The standard InChI is InChI=1S/C21H24N4O5S/c1-5-29-20(28)16-8-12(2)25(13(16)3)10-19(27)24-21-23-17(11-31-21)18-7-6-15(30-18)9-22-14(4)26/h6-8,11H,5,9-10H2,1-4H3,(H,22,26)(H,23,24,27). The van der Waals surface area contributed by atoms with E-state index in [0.717, 1.165) is 5.69 Å². The predicted molar refractivity (Wildman–Crippen MR) is 116 cm³/mol. The second kappa shape index (κ2) is 9.61. The number of hydrogen-bond donors (Lipinski definition) is 2. The van der Waals surface area contributed by atoms with Gasteiger partial charge < -0.3 is 24.4 Å². The lowest BCUT2D eigenvalue weighted by molar-refractivity contribution is -0.119. The summed E-state index contributed by atoms with van der Waals surface area (Å²) in [6, 6.07) is 5.25. The third-order valence-corrected chi connectivity index (χ3v) is 5.30. The molecule has 3 rings (SSSR count). The van der Waals surface area contributed by atoms with E-state index in [2.05, 4.69) is 15.6 Å². The molecule has 0 aromatic carbocycles. The van der Waals surface area contributed by atoms with Gasteiger partial charge in [0.15, 0.2) is 10.9 Å². The summed E-state index contributed by atoms with van der Waals surface area (Å²) in [6.45, 7) is 7.44. The summed E-state index contributed by atoms with van der Waals surface area (Å²) in [4.78, 5) is 40.0. The number of amides is 2. The van der Waals surface area contributed by atoms with Gasteiger partial charge in [0.05, 0.1) is 18.7 Å². The molecule has 31 heavy (non-hydrogen) atoms. The van der Waals surface area contributed by atoms with Crippen LogP contribution < -0.4 is 10.6 Å². The molecule has 0 fully saturated rings. The Bertz CT molecular complexity index is 1110. The molecular weight excluding hydrogens is 420 g/mol. The second-order valence-electron chi connectivity index (χ2n) is 6.85. The molecule has 0 bridgehead atoms. The number of nitrogens with zero attached hydrogens (tertiary/aromatic N) is 2. The predicted octanol–water partition coefficient (Wildman–Crippen LogP) is 3.27. The number of furan rings is 1. The first-order chi connectivity index (χ1) is 14.8. The maximum absolute atomic E-state index is 12.5. The Morgan fingerprint density at radius 2 is 2.03 bits per heavy atom. The van der Waals surface area contributed by atoms with E-state index in [0.29, 0.717) is 46.8 Å². The summed E-state index contributed by atoms with van der Waals surface area (Å²) < 4.78 is 12.5. The molecule has 0 aliphatic heterocycles. The number of esters is 1. The van der Waals surface area contributed by atoms with Crippen molar-refractivity contribution in [3.05, 3.63) is 46.3 Å². The van der Waals surface area contributed by atoms with Gasteiger partial charge in [0.25, 0.3) is 0 Å². The van der Waals surface area contributed by atoms with Crippen LogP contribution in [0.5, 0.6) is 0 Å². The van der Waals surface area contributed by atoms with E-state index < -0.39 is 5.97 Å². The first-order valence-electron chi connectivity index (χ1n) is 9.71. The van der Waals surface area contributed by atoms with Gasteiger partial charge in [-0.15, -0.1) is 11.3 Å². The van der Waals surface area contributed by atoms with Crippen LogP contribution in [0.15, 0.2) is 28.0 Å². The lowest BCUT2D eigenvalue weighted by Gasteiger charge is -2.09. The maximum Gasteiger partial charge on any atom is 0.339 e. The number of anilines is 1. The largest absolute Gasteiger partial charge is 0.462 e. The molecule has 3 heterocycles. The van der Waals surface area contributed by atoms with Crippen LogP contribution in [0, 0.1) is 13.8 Å². The number of hydrogen-bond acceptors (Lipinski definition) is 7. The SMILES string of the molecule is CCOC(=O)c1cc(C)n(CC(=O)Nc2nc(-c3ccc(CNC(C)=O)o3)cs2)c1C. The van der Waals surface area contributed by atoms with Gasteiger partial charge in [-0.25, -0.2) is 9.78 Å². The number of ether oxygens (including phenoxy) is 1. The second-order valence-corrected chi connectivity index (χ2v) is 7.71. The van der Waals surface area contributed by atoms with Crippen molar-refractivity contribution in [2.75, 3.05) is 11.9 Å². The average Bonchev–Trinajstić information content (AvgIpc) is 3.42. The minimum atomic E-state index is -0.400. The van der Waals surface area contributed by atoms with Gasteiger partial charge in [0, 0.05) is 23.7 Å². The number of rotatable bonds is 8. The van der Waals surface area contributed by atoms with E-state index in [1.807, 2.05) is 6.92 Å². The molecule has 3 aromatic rings. The molecule has 0 radical (unpaired) electrons. The molecule has 3 aromatic heterocycles. The van der Waals surface area contributed by atoms with E-state index >= 15 is 0 Å². The highest BCUT2D eigenvalue weighted by Gasteiger charge is 2.19. The summed E-state index contributed by atoms with van der Waals surface area (Å²) in [7, 11) is 0. The van der Waals surface area contributed by atoms with Crippen LogP contribution >= 0.6 is 11.3 Å². The molecule has 0 aliphatic rings. The van der Waals surface area contributed by atoms with Crippen LogP contribution in [-0.2, 0) is 27.4 Å². The fourth-order valence-electron chi connectivity index (χ4n) is 3.03. The third kappa shape index (κ3) is 5.40. The Morgan fingerprint density at radius 1 is 1.26 bits per heavy atom. The molecule has 2 N–H and O–H groups in total. The minimum absolute atomic E-state index is 0.0492. The lowest BCUT2D eigenvalue weighted by atomic mass is 10.2. The molecule has 0 aliphatic carbocycles. The van der Waals surface area contributed by atoms with Gasteiger partial charge >= 0.3 is 5.97 Å². The molecule has 0 atom stereocenters. The van der Waals surface area contributed by atoms with Crippen molar-refractivity contribution < 1.29 is 23.5 Å². The molecule has 164 valence electrons. The van der Waals surface area contributed by atoms with Crippen LogP contribution in [0.3, 0.4) is 0 Å². The lowest BCUT2D eigenvalue weighted by Crippen LogP contribution is -2.20. The van der Waals surface area contributed by atoms with Gasteiger partial charge in [-0.3, -0.25) is 9.59 Å². The minimum Gasteiger partial charge on any atom is -0.462 e. The number of carbonyl (C=O) groups excluding carboxylic acids is 3. The Kier molecular flexibility index (Phi) is 6.91. The van der Waals surface area contributed by atoms with Gasteiger partial charge in [-0.2, -0.15) is 0 Å². The van der Waals surface area contributed by atoms with Gasteiger partial charge in [-0.1, -0.05) is 0 Å². The molecule has 0 saturated carbocycles. The molecule has 9 nitrogen and oxygen atoms in total. The summed E-state index contributed by atoms with van der Waals surface area (Å²) in [5, 5.41) is 7.66. The highest BCUT2D eigenvalue weighted by molar-refractivity contribution is 7.14. The molecule has 0 unspecified atom stereocenters. The summed E-state index contributed by atoms with van der Waals surface area (Å²) >= 11 is 1.28. The zero-order chi connectivity index (χ0) is 22.5. The number of aromatic nitrogens is 2. The van der Waals surface area contributed by atoms with Crippen LogP contribution in [0.1, 0.15) is 41.4 Å². The first-order valence-corrected chi connectivity index (χ1v) is 10.6. The van der Waals surface area contributed by atoms with Crippen molar-refractivity contribution in [1.82, 2.24) is 14.9 Å². The topological polar surface area (TPSA) is 115 Å². The number of nitrogens with one attached hydrogen (secondary N) is 2. The van der Waals surface area contributed by atoms with E-state index in [1.165, 1.54) is 18.3 Å². The number of carbonyl (C=O) groups is 3. The van der Waals surface area contributed by atoms with Gasteiger partial charge in [0.1, 0.15) is 18.0 Å². The molecule has 10 heteroatoms. The fourth-order valence-corrected chi connectivity index (χ4v) is 3.74. The van der Waals surface area contributed by atoms with Crippen LogP contribution in [-0.4, -0.2) is 33.9 Å². The zero-order valence-electron chi connectivity index (χ0n) is 17.8. The number of aryl methyl sites for hydroxylation is 1. The maximum atomic E-state index is 12.5. The van der Waals surface area contributed by atoms with Crippen molar-refractivity contribution >= 4 is 34.3 Å². The summed E-state index contributed by atoms with van der Waals surface area (Å²) in [5.41, 5.74) is 2.51. The fraction of sp³-hybridized carbons (Fsp3) is 0.333. The average molecular weight is 445 g/mol. The van der Waals surface area contributed by atoms with Crippen LogP contribution in [0.4, 0.5) is 5.13 Å². The van der Waals surface area contributed by atoms with E-state index in [1.54, 1.807) is 42.0 Å². The number of thiazole rings is 1. The van der Waals surface area contributed by atoms with Crippen molar-refractivity contribution in [3.63, 3.8) is 0 Å². The quantitative estimate of drug-likeness (QED) is 0.515. The van der Waals surface area contributed by atoms with Gasteiger partial charge in [0.2, 0.25) is 11.8 Å². The Hall–Kier alpha value is -3.40. The van der Waals surface area contributed by atoms with Crippen molar-refractivity contribution in [2.24, 2.45) is 0 Å². The molecular formula is C21H24N4O5S. The Labute approximate surface area is 183 Å². The van der Waals surface area contributed by atoms with Crippen LogP contribution in [0.25, 0.3) is 11.5 Å². The molecule has 2 amide bonds. The smallest absolute Gasteiger partial charge is 0.339 e. The monoisotopic (exact) mass is 444 g/mol. The van der Waals surface area contributed by atoms with E-state index in [9.17, 15) is 14.4 Å². The molecule has 0 saturated heterocycles. The normalized spacial score (nSPS) is 10.7. The first kappa shape index (κ1) is 22.3. The Morgan fingerprint density at radius 3 is 2.74 bits per heavy atom. The third-order valence-electron chi connectivity index (χ3n) is 4.55. The van der Waals surface area contributed by atoms with Crippen molar-refractivity contribution in [3.8, 4) is 11.5 Å². The van der Waals surface area contributed by atoms with Gasteiger partial charge in [-0.05, 0) is 39.0 Å². The van der Waals surface area contributed by atoms with Crippen LogP contribution in [0.2, 0.25) is 0 Å². The van der Waals surface area contributed by atoms with E-state index in [4.69, 9.17) is 9.15 Å². The molecule has 0 spiro atoms. The highest BCUT2D eigenvalue weighted by atomic mass is 32.1.